The van der Waals surface area contributed by atoms with Crippen LogP contribution in [-0.4, -0.2) is 24.6 Å². The van der Waals surface area contributed by atoms with Gasteiger partial charge in [-0.2, -0.15) is 0 Å². The molecule has 0 aromatic heterocycles. The second-order valence-electron chi connectivity index (χ2n) is 9.70. The molecule has 0 bridgehead atoms. The van der Waals surface area contributed by atoms with Crippen LogP contribution in [-0.2, 0) is 9.63 Å². The van der Waals surface area contributed by atoms with E-state index < -0.39 is 0 Å². The fourth-order valence-electron chi connectivity index (χ4n) is 7.09. The topological polar surface area (TPSA) is 64.7 Å². The average molecular weight is 395 g/mol. The highest BCUT2D eigenvalue weighted by Crippen LogP contribution is 2.66. The first-order valence-corrected chi connectivity index (χ1v) is 10.5. The van der Waals surface area contributed by atoms with Gasteiger partial charge in [-0.1, -0.05) is 31.2 Å². The number of hydrogen-bond acceptors (Lipinski definition) is 4. The summed E-state index contributed by atoms with van der Waals surface area (Å²) in [7, 11) is 0. The van der Waals surface area contributed by atoms with Gasteiger partial charge in [-0.3, -0.25) is 4.79 Å². The lowest BCUT2D eigenvalue weighted by molar-refractivity contribution is -0.134. The molecule has 0 amide bonds. The zero-order chi connectivity index (χ0) is 18.5. The molecule has 2 N–H and O–H groups in total. The fourth-order valence-corrected chi connectivity index (χ4v) is 7.09. The Labute approximate surface area is 169 Å². The highest BCUT2D eigenvalue weighted by molar-refractivity contribution is 5.87. The van der Waals surface area contributed by atoms with E-state index in [0.29, 0.717) is 42.1 Å². The van der Waals surface area contributed by atoms with Gasteiger partial charge in [-0.25, -0.2) is 0 Å². The molecule has 152 valence electrons. The van der Waals surface area contributed by atoms with Crippen LogP contribution in [0.1, 0.15) is 65.2 Å². The quantitative estimate of drug-likeness (QED) is 0.435. The van der Waals surface area contributed by atoms with Gasteiger partial charge < -0.3 is 10.6 Å². The van der Waals surface area contributed by atoms with E-state index >= 15 is 0 Å². The van der Waals surface area contributed by atoms with Crippen molar-refractivity contribution in [3.8, 4) is 0 Å². The maximum absolute atomic E-state index is 12.6. The largest absolute Gasteiger partial charge is 0.395 e. The molecule has 4 rings (SSSR count). The molecule has 6 atom stereocenters. The number of Topliss-reactive ketones (excluding diaryl/α,β-unsaturated/α-hetero) is 1. The van der Waals surface area contributed by atoms with Crippen LogP contribution in [0.15, 0.2) is 17.3 Å². The van der Waals surface area contributed by atoms with E-state index in [-0.39, 0.29) is 17.8 Å². The fraction of sp³-hybridized carbons (Fsp3) is 0.818. The lowest BCUT2D eigenvalue weighted by Crippen LogP contribution is -2.54. The van der Waals surface area contributed by atoms with E-state index in [1.54, 1.807) is 0 Å². The maximum Gasteiger partial charge on any atom is 0.139 e. The van der Waals surface area contributed by atoms with Crippen LogP contribution in [0.5, 0.6) is 0 Å². The number of fused-ring (bicyclic) bond motifs is 5. The molecule has 5 heteroatoms. The van der Waals surface area contributed by atoms with Crippen LogP contribution in [0.3, 0.4) is 0 Å². The molecule has 4 nitrogen and oxygen atoms in total. The minimum atomic E-state index is -0.0536. The number of hydrogen-bond donors (Lipinski definition) is 1. The summed E-state index contributed by atoms with van der Waals surface area (Å²) >= 11 is 0. The first kappa shape index (κ1) is 20.9. The highest BCUT2D eigenvalue weighted by Gasteiger charge is 2.60. The summed E-state index contributed by atoms with van der Waals surface area (Å²) in [5.74, 6) is 2.99. The first-order chi connectivity index (χ1) is 12.4. The lowest BCUT2D eigenvalue weighted by atomic mass is 9.44. The second-order valence-corrected chi connectivity index (χ2v) is 9.70. The molecule has 0 aromatic carbocycles. The summed E-state index contributed by atoms with van der Waals surface area (Å²) < 4.78 is 0. The molecule has 0 radical (unpaired) electrons. The number of nitrogens with two attached hydrogens (primary N) is 1. The Morgan fingerprint density at radius 3 is 2.70 bits per heavy atom. The summed E-state index contributed by atoms with van der Waals surface area (Å²) in [6.07, 6.45) is 8.48. The zero-order valence-corrected chi connectivity index (χ0v) is 17.7. The molecule has 4 saturated carbocycles. The van der Waals surface area contributed by atoms with Crippen molar-refractivity contribution < 1.29 is 9.63 Å². The van der Waals surface area contributed by atoms with Crippen molar-refractivity contribution >= 4 is 23.9 Å². The smallest absolute Gasteiger partial charge is 0.139 e. The normalized spacial score (nSPS) is 44.9. The van der Waals surface area contributed by atoms with E-state index in [2.05, 4.69) is 25.6 Å². The lowest BCUT2D eigenvalue weighted by Gasteiger charge is -2.60. The van der Waals surface area contributed by atoms with E-state index in [4.69, 9.17) is 10.6 Å². The summed E-state index contributed by atoms with van der Waals surface area (Å²) in [6, 6.07) is 0. The van der Waals surface area contributed by atoms with E-state index in [1.165, 1.54) is 24.1 Å². The van der Waals surface area contributed by atoms with Crippen LogP contribution in [0, 0.1) is 34.5 Å². The third-order valence-electron chi connectivity index (χ3n) is 8.57. The van der Waals surface area contributed by atoms with Gasteiger partial charge in [0.2, 0.25) is 0 Å². The molecule has 4 fully saturated rings. The van der Waals surface area contributed by atoms with Crippen molar-refractivity contribution in [1.82, 2.24) is 0 Å². The Morgan fingerprint density at radius 2 is 1.96 bits per heavy atom. The van der Waals surface area contributed by atoms with Crippen LogP contribution in [0.25, 0.3) is 0 Å². The zero-order valence-electron chi connectivity index (χ0n) is 16.8. The van der Waals surface area contributed by atoms with E-state index in [0.717, 1.165) is 44.4 Å². The van der Waals surface area contributed by atoms with Gasteiger partial charge in [0, 0.05) is 18.4 Å². The molecule has 27 heavy (non-hydrogen) atoms. The Balaban J connectivity index is 0.00000210. The van der Waals surface area contributed by atoms with Gasteiger partial charge in [0.25, 0.3) is 0 Å². The number of ketones is 1. The van der Waals surface area contributed by atoms with E-state index in [1.807, 2.05) is 0 Å². The summed E-state index contributed by atoms with van der Waals surface area (Å²) in [5, 5.41) is 4.36. The summed E-state index contributed by atoms with van der Waals surface area (Å²) in [4.78, 5) is 17.9. The predicted octanol–water partition coefficient (Wildman–Crippen LogP) is 4.52. The Bertz CT molecular complexity index is 648. The van der Waals surface area contributed by atoms with Gasteiger partial charge in [0.05, 0.1) is 5.71 Å². The average Bonchev–Trinajstić information content (AvgIpc) is 2.92. The molecule has 4 aliphatic carbocycles. The van der Waals surface area contributed by atoms with Gasteiger partial charge >= 0.3 is 0 Å². The highest BCUT2D eigenvalue weighted by atomic mass is 35.5. The standard InChI is InChI=1S/C22H34N2O2.ClH/c1-14-12-16-17-4-5-20(25)22(17,3)9-7-18(16)21(2)8-6-15(13-19(14)21)24-26-11-10-23;/h16-19H,1,4-13,23H2,2-3H3;1H/t16-,17-,18+,19?,21+,22-;/m0./s1. The minimum absolute atomic E-state index is 0. The molecule has 0 heterocycles. The number of carbonyl (C=O) groups excluding carboxylic acids is 1. The Kier molecular flexibility index (Phi) is 5.80. The third-order valence-corrected chi connectivity index (χ3v) is 8.57. The summed E-state index contributed by atoms with van der Waals surface area (Å²) in [5.41, 5.74) is 8.32. The van der Waals surface area contributed by atoms with Crippen molar-refractivity contribution in [2.45, 2.75) is 65.2 Å². The van der Waals surface area contributed by atoms with Gasteiger partial charge in [0.1, 0.15) is 12.4 Å². The SMILES string of the molecule is C=C1C[C@@H]2[C@@H](CC[C@]3(C)C(=O)CC[C@@H]23)[C@@]2(C)CCC(=NOCCN)CC12.Cl. The number of allylic oxidation sites excluding steroid dienone is 1. The van der Waals surface area contributed by atoms with Gasteiger partial charge in [-0.15, -0.1) is 12.4 Å². The molecule has 1 unspecified atom stereocenters. The predicted molar refractivity (Wildman–Crippen MR) is 111 cm³/mol. The molecule has 4 aliphatic rings. The first-order valence-electron chi connectivity index (χ1n) is 10.5. The van der Waals surface area contributed by atoms with Crippen LogP contribution < -0.4 is 5.73 Å². The van der Waals surface area contributed by atoms with Crippen molar-refractivity contribution in [2.24, 2.45) is 45.4 Å². The number of carbonyl (C=O) groups is 1. The van der Waals surface area contributed by atoms with Crippen LogP contribution in [0.2, 0.25) is 0 Å². The number of nitrogens with zero attached hydrogens (tertiary/aromatic N) is 1. The molecular weight excluding hydrogens is 360 g/mol. The van der Waals surface area contributed by atoms with Gasteiger partial charge in [-0.05, 0) is 74.0 Å². The Hall–Kier alpha value is -0.870. The molecule has 0 saturated heterocycles. The van der Waals surface area contributed by atoms with Crippen molar-refractivity contribution in [3.63, 3.8) is 0 Å². The van der Waals surface area contributed by atoms with Crippen molar-refractivity contribution in [1.29, 1.82) is 0 Å². The Morgan fingerprint density at radius 1 is 1.19 bits per heavy atom. The molecule has 0 aliphatic heterocycles. The third kappa shape index (κ3) is 3.17. The molecular formula is C22H35ClN2O2. The molecule has 0 aromatic rings. The number of oxime groups is 1. The van der Waals surface area contributed by atoms with Crippen LogP contribution >= 0.6 is 12.4 Å². The second kappa shape index (κ2) is 7.51. The maximum atomic E-state index is 12.6. The number of rotatable bonds is 3. The molecule has 0 spiro atoms. The van der Waals surface area contributed by atoms with E-state index in [9.17, 15) is 4.79 Å². The summed E-state index contributed by atoms with van der Waals surface area (Å²) in [6.45, 7) is 10.3. The van der Waals surface area contributed by atoms with Crippen molar-refractivity contribution in [2.75, 3.05) is 13.2 Å². The minimum Gasteiger partial charge on any atom is -0.395 e. The van der Waals surface area contributed by atoms with Crippen molar-refractivity contribution in [3.05, 3.63) is 12.2 Å². The van der Waals surface area contributed by atoms with Gasteiger partial charge in [0.15, 0.2) is 0 Å². The number of halogens is 1. The van der Waals surface area contributed by atoms with Crippen LogP contribution in [0.4, 0.5) is 0 Å². The monoisotopic (exact) mass is 394 g/mol.